The number of carbonyl (C=O) groups excluding carboxylic acids is 1. The molecule has 2 aromatic carbocycles. The summed E-state index contributed by atoms with van der Waals surface area (Å²) in [6.45, 7) is 0.570. The summed E-state index contributed by atoms with van der Waals surface area (Å²) < 4.78 is 10.4. The standard InChI is InChI=1S/C20H19ClN4O3/c1-27-15-7-8-16(18(9-15)28-2)25-20(26)17-11-24-19(12-22-17)23-10-13-3-5-14(21)6-4-13/h3-9,11-12H,10H2,1-2H3,(H,23,24)(H,25,26). The predicted molar refractivity (Wildman–Crippen MR) is 108 cm³/mol. The molecule has 0 saturated carbocycles. The van der Waals surface area contributed by atoms with Crippen LogP contribution in [0.15, 0.2) is 54.9 Å². The molecule has 0 saturated heterocycles. The van der Waals surface area contributed by atoms with E-state index >= 15 is 0 Å². The summed E-state index contributed by atoms with van der Waals surface area (Å²) >= 11 is 5.87. The molecule has 0 aliphatic rings. The van der Waals surface area contributed by atoms with Gasteiger partial charge in [0.25, 0.3) is 5.91 Å². The highest BCUT2D eigenvalue weighted by molar-refractivity contribution is 6.30. The van der Waals surface area contributed by atoms with Crippen molar-refractivity contribution in [2.24, 2.45) is 0 Å². The van der Waals surface area contributed by atoms with Crippen LogP contribution in [0.5, 0.6) is 11.5 Å². The van der Waals surface area contributed by atoms with E-state index in [1.165, 1.54) is 19.5 Å². The Morgan fingerprint density at radius 2 is 1.82 bits per heavy atom. The first-order chi connectivity index (χ1) is 13.6. The SMILES string of the molecule is COc1ccc(NC(=O)c2cnc(NCc3ccc(Cl)cc3)cn2)c(OC)c1. The summed E-state index contributed by atoms with van der Waals surface area (Å²) in [5.74, 6) is 1.29. The van der Waals surface area contributed by atoms with E-state index in [9.17, 15) is 4.79 Å². The molecule has 144 valence electrons. The molecule has 28 heavy (non-hydrogen) atoms. The van der Waals surface area contributed by atoms with Crippen LogP contribution < -0.4 is 20.1 Å². The third-order valence-electron chi connectivity index (χ3n) is 3.93. The normalized spacial score (nSPS) is 10.2. The molecular formula is C20H19ClN4O3. The zero-order valence-electron chi connectivity index (χ0n) is 15.4. The maximum absolute atomic E-state index is 12.4. The molecule has 3 rings (SSSR count). The maximum Gasteiger partial charge on any atom is 0.275 e. The number of hydrogen-bond donors (Lipinski definition) is 2. The molecule has 0 unspecified atom stereocenters. The van der Waals surface area contributed by atoms with Crippen LogP contribution in [0.1, 0.15) is 16.1 Å². The maximum atomic E-state index is 12.4. The topological polar surface area (TPSA) is 85.4 Å². The van der Waals surface area contributed by atoms with Crippen LogP contribution in [0.4, 0.5) is 11.5 Å². The lowest BCUT2D eigenvalue weighted by Gasteiger charge is -2.11. The van der Waals surface area contributed by atoms with Crippen molar-refractivity contribution in [3.8, 4) is 11.5 Å². The van der Waals surface area contributed by atoms with Crippen LogP contribution in [0.25, 0.3) is 0 Å². The summed E-state index contributed by atoms with van der Waals surface area (Å²) in [5, 5.41) is 6.59. The number of hydrogen-bond acceptors (Lipinski definition) is 6. The van der Waals surface area contributed by atoms with E-state index in [-0.39, 0.29) is 11.6 Å². The van der Waals surface area contributed by atoms with Gasteiger partial charge in [-0.1, -0.05) is 23.7 Å². The summed E-state index contributed by atoms with van der Waals surface area (Å²) in [4.78, 5) is 20.8. The molecule has 2 N–H and O–H groups in total. The molecular weight excluding hydrogens is 380 g/mol. The molecule has 1 aromatic heterocycles. The van der Waals surface area contributed by atoms with Gasteiger partial charge in [0, 0.05) is 17.6 Å². The predicted octanol–water partition coefficient (Wildman–Crippen LogP) is 4.01. The number of anilines is 2. The number of benzene rings is 2. The van der Waals surface area contributed by atoms with Crippen LogP contribution in [-0.4, -0.2) is 30.1 Å². The van der Waals surface area contributed by atoms with Gasteiger partial charge in [0.15, 0.2) is 0 Å². The Bertz CT molecular complexity index is 947. The molecule has 0 aliphatic carbocycles. The number of nitrogens with one attached hydrogen (secondary N) is 2. The van der Waals surface area contributed by atoms with Gasteiger partial charge < -0.3 is 20.1 Å². The lowest BCUT2D eigenvalue weighted by Crippen LogP contribution is -2.15. The Balaban J connectivity index is 1.62. The van der Waals surface area contributed by atoms with Gasteiger partial charge in [-0.05, 0) is 29.8 Å². The van der Waals surface area contributed by atoms with Gasteiger partial charge in [0.1, 0.15) is 23.0 Å². The molecule has 0 fully saturated rings. The number of aromatic nitrogens is 2. The molecule has 0 radical (unpaired) electrons. The molecule has 0 spiro atoms. The molecule has 1 heterocycles. The minimum atomic E-state index is -0.389. The lowest BCUT2D eigenvalue weighted by atomic mass is 10.2. The van der Waals surface area contributed by atoms with Crippen LogP contribution in [0, 0.1) is 0 Å². The fourth-order valence-corrected chi connectivity index (χ4v) is 2.55. The minimum Gasteiger partial charge on any atom is -0.497 e. The monoisotopic (exact) mass is 398 g/mol. The van der Waals surface area contributed by atoms with Crippen molar-refractivity contribution in [3.05, 3.63) is 71.1 Å². The zero-order valence-corrected chi connectivity index (χ0v) is 16.2. The number of ether oxygens (including phenoxy) is 2. The molecule has 7 nitrogen and oxygen atoms in total. The first kappa shape index (κ1) is 19.4. The van der Waals surface area contributed by atoms with E-state index in [1.54, 1.807) is 25.3 Å². The molecule has 0 aliphatic heterocycles. The molecule has 0 bridgehead atoms. The van der Waals surface area contributed by atoms with Crippen LogP contribution in [0.3, 0.4) is 0 Å². The zero-order chi connectivity index (χ0) is 19.9. The van der Waals surface area contributed by atoms with E-state index in [2.05, 4.69) is 20.6 Å². The average Bonchev–Trinajstić information content (AvgIpc) is 2.74. The van der Waals surface area contributed by atoms with Crippen molar-refractivity contribution in [1.29, 1.82) is 0 Å². The lowest BCUT2D eigenvalue weighted by molar-refractivity contribution is 0.102. The molecule has 0 atom stereocenters. The Labute approximate surface area is 167 Å². The van der Waals surface area contributed by atoms with Gasteiger partial charge in [-0.15, -0.1) is 0 Å². The van der Waals surface area contributed by atoms with E-state index in [0.29, 0.717) is 34.6 Å². The van der Waals surface area contributed by atoms with E-state index < -0.39 is 0 Å². The van der Waals surface area contributed by atoms with Gasteiger partial charge in [0.2, 0.25) is 0 Å². The van der Waals surface area contributed by atoms with Crippen molar-refractivity contribution in [1.82, 2.24) is 9.97 Å². The fraction of sp³-hybridized carbons (Fsp3) is 0.150. The van der Waals surface area contributed by atoms with Crippen molar-refractivity contribution in [2.75, 3.05) is 24.9 Å². The number of halogens is 1. The summed E-state index contributed by atoms with van der Waals surface area (Å²) in [5.41, 5.74) is 1.76. The first-order valence-corrected chi connectivity index (χ1v) is 8.80. The number of methoxy groups -OCH3 is 2. The number of carbonyl (C=O) groups is 1. The highest BCUT2D eigenvalue weighted by atomic mass is 35.5. The summed E-state index contributed by atoms with van der Waals surface area (Å²) in [6, 6.07) is 12.6. The summed E-state index contributed by atoms with van der Waals surface area (Å²) in [7, 11) is 3.08. The van der Waals surface area contributed by atoms with Crippen molar-refractivity contribution >= 4 is 29.0 Å². The van der Waals surface area contributed by atoms with Gasteiger partial charge in [-0.2, -0.15) is 0 Å². The van der Waals surface area contributed by atoms with Crippen LogP contribution in [0.2, 0.25) is 5.02 Å². The number of rotatable bonds is 7. The number of nitrogens with zero attached hydrogens (tertiary/aromatic N) is 2. The minimum absolute atomic E-state index is 0.190. The van der Waals surface area contributed by atoms with Crippen molar-refractivity contribution < 1.29 is 14.3 Å². The first-order valence-electron chi connectivity index (χ1n) is 8.43. The van der Waals surface area contributed by atoms with Gasteiger partial charge in [0.05, 0.1) is 32.3 Å². The van der Waals surface area contributed by atoms with E-state index in [0.717, 1.165) is 5.56 Å². The fourth-order valence-electron chi connectivity index (χ4n) is 2.42. The second kappa shape index (κ2) is 9.05. The number of amides is 1. The Kier molecular flexibility index (Phi) is 6.29. The van der Waals surface area contributed by atoms with Crippen molar-refractivity contribution in [3.63, 3.8) is 0 Å². The highest BCUT2D eigenvalue weighted by Gasteiger charge is 2.12. The van der Waals surface area contributed by atoms with Crippen molar-refractivity contribution in [2.45, 2.75) is 6.54 Å². The molecule has 1 amide bonds. The largest absolute Gasteiger partial charge is 0.497 e. The van der Waals surface area contributed by atoms with Crippen LogP contribution >= 0.6 is 11.6 Å². The third-order valence-corrected chi connectivity index (χ3v) is 4.18. The Morgan fingerprint density at radius 3 is 2.46 bits per heavy atom. The molecule has 3 aromatic rings. The van der Waals surface area contributed by atoms with Gasteiger partial charge in [-0.25, -0.2) is 9.97 Å². The Morgan fingerprint density at radius 1 is 1.04 bits per heavy atom. The summed E-state index contributed by atoms with van der Waals surface area (Å²) in [6.07, 6.45) is 2.92. The average molecular weight is 399 g/mol. The second-order valence-corrected chi connectivity index (χ2v) is 6.22. The smallest absolute Gasteiger partial charge is 0.275 e. The van der Waals surface area contributed by atoms with E-state index in [4.69, 9.17) is 21.1 Å². The van der Waals surface area contributed by atoms with Gasteiger partial charge >= 0.3 is 0 Å². The quantitative estimate of drug-likeness (QED) is 0.625. The van der Waals surface area contributed by atoms with Gasteiger partial charge in [-0.3, -0.25) is 4.79 Å². The second-order valence-electron chi connectivity index (χ2n) is 5.79. The highest BCUT2D eigenvalue weighted by Crippen LogP contribution is 2.29. The van der Waals surface area contributed by atoms with E-state index in [1.807, 2.05) is 24.3 Å². The third kappa shape index (κ3) is 4.89. The molecule has 8 heteroatoms. The Hall–Kier alpha value is -3.32. The van der Waals surface area contributed by atoms with Crippen LogP contribution in [-0.2, 0) is 6.54 Å².